The lowest BCUT2D eigenvalue weighted by molar-refractivity contribution is 0.283. The summed E-state index contributed by atoms with van der Waals surface area (Å²) >= 11 is 0. The molecule has 4 nitrogen and oxygen atoms in total. The minimum Gasteiger partial charge on any atom is -0.356 e. The van der Waals surface area contributed by atoms with Crippen molar-refractivity contribution in [3.8, 4) is 11.3 Å². The van der Waals surface area contributed by atoms with E-state index in [4.69, 9.17) is 4.98 Å². The largest absolute Gasteiger partial charge is 0.356 e. The monoisotopic (exact) mass is 337 g/mol. The van der Waals surface area contributed by atoms with E-state index in [2.05, 4.69) is 29.6 Å². The molecular formula is C21H27N3O. The van der Waals surface area contributed by atoms with Gasteiger partial charge in [0.15, 0.2) is 0 Å². The van der Waals surface area contributed by atoms with E-state index >= 15 is 0 Å². The summed E-state index contributed by atoms with van der Waals surface area (Å²) in [4.78, 5) is 18.5. The lowest BCUT2D eigenvalue weighted by atomic mass is 9.62. The number of hydrogen-bond donors (Lipinski definition) is 1. The van der Waals surface area contributed by atoms with Crippen molar-refractivity contribution in [3.63, 3.8) is 0 Å². The highest BCUT2D eigenvalue weighted by atomic mass is 16.1. The van der Waals surface area contributed by atoms with E-state index in [0.717, 1.165) is 42.6 Å². The first-order chi connectivity index (χ1) is 12.2. The predicted molar refractivity (Wildman–Crippen MR) is 102 cm³/mol. The third-order valence-electron chi connectivity index (χ3n) is 5.96. The van der Waals surface area contributed by atoms with Crippen LogP contribution < -0.4 is 10.9 Å². The van der Waals surface area contributed by atoms with Gasteiger partial charge in [-0.25, -0.2) is 4.98 Å². The highest BCUT2D eigenvalue weighted by Crippen LogP contribution is 2.48. The molecule has 1 heterocycles. The first-order valence-electron chi connectivity index (χ1n) is 9.67. The third-order valence-corrected chi connectivity index (χ3v) is 5.96. The van der Waals surface area contributed by atoms with Crippen LogP contribution in [-0.2, 0) is 18.4 Å². The molecule has 0 aliphatic heterocycles. The van der Waals surface area contributed by atoms with E-state index in [1.54, 1.807) is 0 Å². The van der Waals surface area contributed by atoms with Gasteiger partial charge in [-0.2, -0.15) is 0 Å². The van der Waals surface area contributed by atoms with E-state index in [-0.39, 0.29) is 11.0 Å². The molecule has 1 saturated carbocycles. The molecule has 0 unspecified atom stereocenters. The summed E-state index contributed by atoms with van der Waals surface area (Å²) in [6.45, 7) is 5.49. The second-order valence-corrected chi connectivity index (χ2v) is 7.41. The van der Waals surface area contributed by atoms with Crippen LogP contribution in [0.25, 0.3) is 11.3 Å². The van der Waals surface area contributed by atoms with Gasteiger partial charge in [-0.15, -0.1) is 0 Å². The van der Waals surface area contributed by atoms with Gasteiger partial charge in [0.1, 0.15) is 0 Å². The van der Waals surface area contributed by atoms with Crippen LogP contribution in [0.3, 0.4) is 0 Å². The lowest BCUT2D eigenvalue weighted by Crippen LogP contribution is -2.43. The highest BCUT2D eigenvalue weighted by molar-refractivity contribution is 5.72. The molecule has 4 rings (SSSR count). The van der Waals surface area contributed by atoms with Crippen LogP contribution in [0.4, 0.5) is 5.95 Å². The highest BCUT2D eigenvalue weighted by Gasteiger charge is 2.43. The zero-order valence-electron chi connectivity index (χ0n) is 15.3. The molecule has 0 bridgehead atoms. The van der Waals surface area contributed by atoms with Gasteiger partial charge < -0.3 is 5.32 Å². The molecule has 2 aliphatic rings. The topological polar surface area (TPSA) is 46.9 Å². The molecule has 4 heteroatoms. The van der Waals surface area contributed by atoms with E-state index < -0.39 is 0 Å². The molecule has 132 valence electrons. The average Bonchev–Trinajstić information content (AvgIpc) is 2.63. The molecule has 1 fully saturated rings. The second-order valence-electron chi connectivity index (χ2n) is 7.41. The Morgan fingerprint density at radius 3 is 2.64 bits per heavy atom. The van der Waals surface area contributed by atoms with E-state index in [1.165, 1.54) is 24.8 Å². The fourth-order valence-corrected chi connectivity index (χ4v) is 4.83. The molecule has 0 radical (unpaired) electrons. The van der Waals surface area contributed by atoms with E-state index in [1.807, 2.05) is 18.4 Å². The maximum absolute atomic E-state index is 13.5. The zero-order chi connectivity index (χ0) is 17.4. The average molecular weight is 337 g/mol. The first kappa shape index (κ1) is 16.4. The number of benzene rings is 1. The Bertz CT molecular complexity index is 847. The van der Waals surface area contributed by atoms with Crippen LogP contribution in [0.15, 0.2) is 29.1 Å². The maximum atomic E-state index is 13.5. The van der Waals surface area contributed by atoms with Crippen molar-refractivity contribution in [2.24, 2.45) is 0 Å². The summed E-state index contributed by atoms with van der Waals surface area (Å²) < 4.78 is 1.83. The fraction of sp³-hybridized carbons (Fsp3) is 0.524. The lowest BCUT2D eigenvalue weighted by Gasteiger charge is -2.42. The maximum Gasteiger partial charge on any atom is 0.259 e. The number of hydrogen-bond acceptors (Lipinski definition) is 3. The van der Waals surface area contributed by atoms with Crippen LogP contribution in [0.2, 0.25) is 0 Å². The van der Waals surface area contributed by atoms with Crippen LogP contribution in [0.5, 0.6) is 0 Å². The van der Waals surface area contributed by atoms with Crippen LogP contribution in [-0.4, -0.2) is 16.1 Å². The fourth-order valence-electron chi connectivity index (χ4n) is 4.83. The minimum absolute atomic E-state index is 0.0202. The second kappa shape index (κ2) is 6.32. The van der Waals surface area contributed by atoms with Gasteiger partial charge >= 0.3 is 0 Å². The third kappa shape index (κ3) is 2.50. The SMILES string of the molecule is CCNc1nc2c(c(=O)n1CC)C1(CCCCC1)Cc1ccccc1-2. The van der Waals surface area contributed by atoms with Crippen molar-refractivity contribution in [1.82, 2.24) is 9.55 Å². The summed E-state index contributed by atoms with van der Waals surface area (Å²) in [5.41, 5.74) is 4.55. The molecule has 2 aromatic rings. The Labute approximate surface area is 149 Å². The number of anilines is 1. The number of nitrogens with zero attached hydrogens (tertiary/aromatic N) is 2. The Kier molecular flexibility index (Phi) is 4.14. The van der Waals surface area contributed by atoms with Crippen molar-refractivity contribution < 1.29 is 0 Å². The summed E-state index contributed by atoms with van der Waals surface area (Å²) in [7, 11) is 0. The van der Waals surface area contributed by atoms with Gasteiger partial charge in [-0.05, 0) is 38.7 Å². The summed E-state index contributed by atoms with van der Waals surface area (Å²) in [5, 5.41) is 3.29. The predicted octanol–water partition coefficient (Wildman–Crippen LogP) is 4.12. The van der Waals surface area contributed by atoms with Crippen molar-refractivity contribution >= 4 is 5.95 Å². The smallest absolute Gasteiger partial charge is 0.259 e. The van der Waals surface area contributed by atoms with Gasteiger partial charge in [0.2, 0.25) is 5.95 Å². The number of aromatic nitrogens is 2. The quantitative estimate of drug-likeness (QED) is 0.916. The number of rotatable bonds is 3. The number of nitrogens with one attached hydrogen (secondary N) is 1. The van der Waals surface area contributed by atoms with Gasteiger partial charge in [0, 0.05) is 24.1 Å². The van der Waals surface area contributed by atoms with Gasteiger partial charge in [0.25, 0.3) is 5.56 Å². The molecule has 0 saturated heterocycles. The minimum atomic E-state index is -0.0202. The summed E-state index contributed by atoms with van der Waals surface area (Å²) in [6.07, 6.45) is 6.90. The van der Waals surface area contributed by atoms with Gasteiger partial charge in [-0.1, -0.05) is 43.5 Å². The van der Waals surface area contributed by atoms with Gasteiger partial charge in [-0.3, -0.25) is 9.36 Å². The van der Waals surface area contributed by atoms with Crippen molar-refractivity contribution in [3.05, 3.63) is 45.7 Å². The Balaban J connectivity index is 2.03. The van der Waals surface area contributed by atoms with Crippen LogP contribution >= 0.6 is 0 Å². The molecule has 1 spiro atoms. The molecule has 1 aromatic heterocycles. The summed E-state index contributed by atoms with van der Waals surface area (Å²) in [5.74, 6) is 0.705. The Morgan fingerprint density at radius 1 is 1.16 bits per heavy atom. The van der Waals surface area contributed by atoms with Crippen LogP contribution in [0, 0.1) is 0 Å². The van der Waals surface area contributed by atoms with Crippen molar-refractivity contribution in [2.45, 2.75) is 64.3 Å². The van der Waals surface area contributed by atoms with Gasteiger partial charge in [0.05, 0.1) is 11.3 Å². The summed E-state index contributed by atoms with van der Waals surface area (Å²) in [6, 6.07) is 8.51. The molecule has 1 N–H and O–H groups in total. The Hall–Kier alpha value is -2.10. The molecule has 25 heavy (non-hydrogen) atoms. The molecule has 1 aromatic carbocycles. The Morgan fingerprint density at radius 2 is 1.92 bits per heavy atom. The van der Waals surface area contributed by atoms with Crippen LogP contribution in [0.1, 0.15) is 57.1 Å². The van der Waals surface area contributed by atoms with Crippen molar-refractivity contribution in [1.29, 1.82) is 0 Å². The molecule has 0 atom stereocenters. The molecular weight excluding hydrogens is 310 g/mol. The van der Waals surface area contributed by atoms with E-state index in [9.17, 15) is 4.79 Å². The molecule has 2 aliphatic carbocycles. The standard InChI is InChI=1S/C21H27N3O/c1-3-22-20-23-18-16-11-7-6-10-15(16)14-21(12-8-5-9-13-21)17(18)19(25)24(20)4-2/h6-7,10-11H,3-5,8-9,12-14H2,1-2H3,(H,22,23). The molecule has 0 amide bonds. The normalized spacial score (nSPS) is 17.8. The van der Waals surface area contributed by atoms with E-state index in [0.29, 0.717) is 12.5 Å². The zero-order valence-corrected chi connectivity index (χ0v) is 15.3. The first-order valence-corrected chi connectivity index (χ1v) is 9.67. The number of fused-ring (bicyclic) bond motifs is 4. The van der Waals surface area contributed by atoms with Crippen molar-refractivity contribution in [2.75, 3.05) is 11.9 Å².